The Kier molecular flexibility index (Phi) is 5.44. The van der Waals surface area contributed by atoms with E-state index in [1.165, 1.54) is 43.5 Å². The molecule has 0 bridgehead atoms. The van der Waals surface area contributed by atoms with Gasteiger partial charge in [-0.3, -0.25) is 0 Å². The first kappa shape index (κ1) is 18.1. The smallest absolute Gasteiger partial charge is 0.140 e. The van der Waals surface area contributed by atoms with Crippen molar-refractivity contribution >= 4 is 5.65 Å². The number of likely N-dealkylation sites (tertiary alicyclic amines) is 1. The van der Waals surface area contributed by atoms with Gasteiger partial charge in [-0.2, -0.15) is 0 Å². The quantitative estimate of drug-likeness (QED) is 0.585. The molecule has 4 heteroatoms. The summed E-state index contributed by atoms with van der Waals surface area (Å²) in [6.45, 7) is 8.66. The summed E-state index contributed by atoms with van der Waals surface area (Å²) in [4.78, 5) is 7.36. The van der Waals surface area contributed by atoms with Crippen LogP contribution in [0.3, 0.4) is 0 Å². The maximum Gasteiger partial charge on any atom is 0.140 e. The van der Waals surface area contributed by atoms with Crippen molar-refractivity contribution in [1.82, 2.24) is 14.3 Å². The van der Waals surface area contributed by atoms with Crippen molar-refractivity contribution in [3.05, 3.63) is 53.9 Å². The lowest BCUT2D eigenvalue weighted by Gasteiger charge is -2.26. The molecular formula is C23H29N3O. The number of hydrogen-bond donors (Lipinski definition) is 0. The monoisotopic (exact) mass is 363 g/mol. The SMILES string of the molecule is Cc1cc(-c2cn3cccc(C)c3n2)ccc1OCCCN1CCCCC1. The molecule has 0 amide bonds. The average Bonchev–Trinajstić information content (AvgIpc) is 3.13. The molecule has 0 radical (unpaired) electrons. The number of hydrogen-bond acceptors (Lipinski definition) is 3. The molecule has 142 valence electrons. The normalized spacial score (nSPS) is 15.3. The molecule has 3 aromatic rings. The number of imidazole rings is 1. The minimum absolute atomic E-state index is 0.782. The molecule has 4 rings (SSSR count). The molecule has 1 fully saturated rings. The molecule has 0 unspecified atom stereocenters. The van der Waals surface area contributed by atoms with Gasteiger partial charge < -0.3 is 14.0 Å². The van der Waals surface area contributed by atoms with E-state index in [0.29, 0.717) is 0 Å². The maximum absolute atomic E-state index is 6.04. The van der Waals surface area contributed by atoms with Gasteiger partial charge in [-0.05, 0) is 81.6 Å². The van der Waals surface area contributed by atoms with Gasteiger partial charge in [-0.1, -0.05) is 12.5 Å². The molecule has 0 spiro atoms. The number of fused-ring (bicyclic) bond motifs is 1. The highest BCUT2D eigenvalue weighted by Crippen LogP contribution is 2.26. The number of nitrogens with zero attached hydrogens (tertiary/aromatic N) is 3. The van der Waals surface area contributed by atoms with Crippen LogP contribution in [0.4, 0.5) is 0 Å². The number of rotatable bonds is 6. The number of aryl methyl sites for hydroxylation is 2. The highest BCUT2D eigenvalue weighted by molar-refractivity contribution is 5.66. The summed E-state index contributed by atoms with van der Waals surface area (Å²) < 4.78 is 8.13. The van der Waals surface area contributed by atoms with Crippen LogP contribution >= 0.6 is 0 Å². The summed E-state index contributed by atoms with van der Waals surface area (Å²) >= 11 is 0. The third-order valence-corrected chi connectivity index (χ3v) is 5.47. The van der Waals surface area contributed by atoms with E-state index in [2.05, 4.69) is 59.7 Å². The lowest BCUT2D eigenvalue weighted by atomic mass is 10.1. The van der Waals surface area contributed by atoms with Crippen LogP contribution in [0, 0.1) is 13.8 Å². The lowest BCUT2D eigenvalue weighted by Crippen LogP contribution is -2.31. The largest absolute Gasteiger partial charge is 0.493 e. The van der Waals surface area contributed by atoms with Crippen LogP contribution in [0.15, 0.2) is 42.7 Å². The summed E-state index contributed by atoms with van der Waals surface area (Å²) in [6.07, 6.45) is 9.33. The van der Waals surface area contributed by atoms with Crippen LogP contribution in [0.1, 0.15) is 36.8 Å². The van der Waals surface area contributed by atoms with Crippen LogP contribution in [0.5, 0.6) is 5.75 Å². The summed E-state index contributed by atoms with van der Waals surface area (Å²) in [7, 11) is 0. The van der Waals surface area contributed by atoms with E-state index >= 15 is 0 Å². The molecule has 4 nitrogen and oxygen atoms in total. The Labute approximate surface area is 161 Å². The standard InChI is InChI=1S/C23H29N3O/c1-18-8-6-14-26-17-21(24-23(18)26)20-9-10-22(19(2)16-20)27-15-7-13-25-11-4-3-5-12-25/h6,8-10,14,16-17H,3-5,7,11-13,15H2,1-2H3. The van der Waals surface area contributed by atoms with E-state index in [1.54, 1.807) is 0 Å². The van der Waals surface area contributed by atoms with Crippen LogP contribution in [0.2, 0.25) is 0 Å². The second-order valence-corrected chi connectivity index (χ2v) is 7.63. The summed E-state index contributed by atoms with van der Waals surface area (Å²) in [5.41, 5.74) is 5.51. The molecule has 0 saturated carbocycles. The van der Waals surface area contributed by atoms with E-state index in [0.717, 1.165) is 42.2 Å². The highest BCUT2D eigenvalue weighted by atomic mass is 16.5. The Morgan fingerprint density at radius 1 is 1.04 bits per heavy atom. The Morgan fingerprint density at radius 3 is 2.67 bits per heavy atom. The lowest BCUT2D eigenvalue weighted by molar-refractivity contribution is 0.204. The molecule has 0 N–H and O–H groups in total. The first-order chi connectivity index (χ1) is 13.2. The van der Waals surface area contributed by atoms with Crippen molar-refractivity contribution in [3.8, 4) is 17.0 Å². The van der Waals surface area contributed by atoms with Crippen LogP contribution < -0.4 is 4.74 Å². The highest BCUT2D eigenvalue weighted by Gasteiger charge is 2.10. The van der Waals surface area contributed by atoms with Gasteiger partial charge in [-0.15, -0.1) is 0 Å². The topological polar surface area (TPSA) is 29.8 Å². The Balaban J connectivity index is 1.39. The van der Waals surface area contributed by atoms with Gasteiger partial charge in [0.05, 0.1) is 12.3 Å². The number of piperidine rings is 1. The molecule has 0 aliphatic carbocycles. The van der Waals surface area contributed by atoms with Gasteiger partial charge >= 0.3 is 0 Å². The second kappa shape index (κ2) is 8.13. The molecule has 27 heavy (non-hydrogen) atoms. The van der Waals surface area contributed by atoms with E-state index in [4.69, 9.17) is 9.72 Å². The number of ether oxygens (including phenoxy) is 1. The van der Waals surface area contributed by atoms with Crippen LogP contribution in [0.25, 0.3) is 16.9 Å². The third kappa shape index (κ3) is 4.16. The zero-order valence-corrected chi connectivity index (χ0v) is 16.4. The van der Waals surface area contributed by atoms with Gasteiger partial charge in [0.25, 0.3) is 0 Å². The van der Waals surface area contributed by atoms with Gasteiger partial charge in [-0.25, -0.2) is 4.98 Å². The maximum atomic E-state index is 6.04. The van der Waals surface area contributed by atoms with E-state index in [1.807, 2.05) is 6.20 Å². The first-order valence-electron chi connectivity index (χ1n) is 10.1. The number of benzene rings is 1. The Hall–Kier alpha value is -2.33. The van der Waals surface area contributed by atoms with Crippen molar-refractivity contribution in [2.75, 3.05) is 26.2 Å². The molecule has 1 aliphatic heterocycles. The average molecular weight is 364 g/mol. The van der Waals surface area contributed by atoms with E-state index < -0.39 is 0 Å². The first-order valence-corrected chi connectivity index (χ1v) is 10.1. The van der Waals surface area contributed by atoms with Crippen molar-refractivity contribution in [3.63, 3.8) is 0 Å². The predicted molar refractivity (Wildman–Crippen MR) is 111 cm³/mol. The zero-order valence-electron chi connectivity index (χ0n) is 16.4. The van der Waals surface area contributed by atoms with Crippen molar-refractivity contribution in [2.45, 2.75) is 39.5 Å². The van der Waals surface area contributed by atoms with Crippen molar-refractivity contribution in [2.24, 2.45) is 0 Å². The fraction of sp³-hybridized carbons (Fsp3) is 0.435. The molecule has 1 aliphatic rings. The molecule has 1 saturated heterocycles. The summed E-state index contributed by atoms with van der Waals surface area (Å²) in [6, 6.07) is 10.5. The fourth-order valence-corrected chi connectivity index (χ4v) is 3.92. The molecule has 1 aromatic carbocycles. The predicted octanol–water partition coefficient (Wildman–Crippen LogP) is 4.87. The van der Waals surface area contributed by atoms with Gasteiger partial charge in [0.15, 0.2) is 0 Å². The fourth-order valence-electron chi connectivity index (χ4n) is 3.92. The molecular weight excluding hydrogens is 334 g/mol. The minimum atomic E-state index is 0.782. The number of pyridine rings is 1. The summed E-state index contributed by atoms with van der Waals surface area (Å²) in [5.74, 6) is 0.984. The minimum Gasteiger partial charge on any atom is -0.493 e. The van der Waals surface area contributed by atoms with E-state index in [-0.39, 0.29) is 0 Å². The third-order valence-electron chi connectivity index (χ3n) is 5.47. The number of aromatic nitrogens is 2. The van der Waals surface area contributed by atoms with Gasteiger partial charge in [0.1, 0.15) is 11.4 Å². The Morgan fingerprint density at radius 2 is 1.89 bits per heavy atom. The van der Waals surface area contributed by atoms with Crippen molar-refractivity contribution < 1.29 is 4.74 Å². The molecule has 2 aromatic heterocycles. The van der Waals surface area contributed by atoms with Crippen molar-refractivity contribution in [1.29, 1.82) is 0 Å². The summed E-state index contributed by atoms with van der Waals surface area (Å²) in [5, 5.41) is 0. The van der Waals surface area contributed by atoms with Gasteiger partial charge in [0.2, 0.25) is 0 Å². The Bertz CT molecular complexity index is 909. The van der Waals surface area contributed by atoms with Crippen LogP contribution in [-0.2, 0) is 0 Å². The second-order valence-electron chi connectivity index (χ2n) is 7.63. The van der Waals surface area contributed by atoms with E-state index in [9.17, 15) is 0 Å². The van der Waals surface area contributed by atoms with Crippen LogP contribution in [-0.4, -0.2) is 40.5 Å². The molecule has 0 atom stereocenters. The molecule has 3 heterocycles. The zero-order chi connectivity index (χ0) is 18.6. The van der Waals surface area contributed by atoms with Gasteiger partial charge in [0, 0.05) is 24.5 Å².